The van der Waals surface area contributed by atoms with Crippen molar-refractivity contribution in [2.75, 3.05) is 5.32 Å². The van der Waals surface area contributed by atoms with Crippen LogP contribution in [0, 0.1) is 17.5 Å². The van der Waals surface area contributed by atoms with Gasteiger partial charge in [-0.2, -0.15) is 0 Å². The van der Waals surface area contributed by atoms with Crippen molar-refractivity contribution < 1.29 is 13.2 Å². The van der Waals surface area contributed by atoms with Gasteiger partial charge in [0.25, 0.3) is 0 Å². The molecular formula is C13H9BrF3N. The molecule has 2 aromatic rings. The largest absolute Gasteiger partial charge is 0.378 e. The molecule has 0 aliphatic heterocycles. The van der Waals surface area contributed by atoms with Crippen LogP contribution in [0.2, 0.25) is 0 Å². The Morgan fingerprint density at radius 1 is 0.944 bits per heavy atom. The van der Waals surface area contributed by atoms with Crippen LogP contribution in [0.4, 0.5) is 18.9 Å². The molecule has 2 aromatic carbocycles. The van der Waals surface area contributed by atoms with E-state index in [4.69, 9.17) is 0 Å². The van der Waals surface area contributed by atoms with E-state index in [1.54, 1.807) is 12.1 Å². The van der Waals surface area contributed by atoms with Gasteiger partial charge < -0.3 is 5.32 Å². The van der Waals surface area contributed by atoms with Crippen molar-refractivity contribution >= 4 is 21.6 Å². The zero-order valence-electron chi connectivity index (χ0n) is 9.18. The molecule has 0 atom stereocenters. The van der Waals surface area contributed by atoms with Crippen molar-refractivity contribution in [1.82, 2.24) is 0 Å². The van der Waals surface area contributed by atoms with Crippen LogP contribution in [0.5, 0.6) is 0 Å². The third kappa shape index (κ3) is 2.67. The van der Waals surface area contributed by atoms with Gasteiger partial charge in [-0.25, -0.2) is 13.2 Å². The molecule has 94 valence electrons. The first kappa shape index (κ1) is 13.0. The molecule has 0 amide bonds. The molecule has 0 heterocycles. The van der Waals surface area contributed by atoms with Gasteiger partial charge in [0, 0.05) is 12.1 Å². The van der Waals surface area contributed by atoms with Crippen molar-refractivity contribution in [3.63, 3.8) is 0 Å². The minimum Gasteiger partial charge on any atom is -0.378 e. The average molecular weight is 316 g/mol. The first-order chi connectivity index (χ1) is 8.59. The summed E-state index contributed by atoms with van der Waals surface area (Å²) in [6, 6.07) is 8.40. The average Bonchev–Trinajstić information content (AvgIpc) is 2.36. The Kier molecular flexibility index (Phi) is 3.91. The van der Waals surface area contributed by atoms with Gasteiger partial charge in [-0.3, -0.25) is 0 Å². The molecule has 0 aliphatic rings. The maximum absolute atomic E-state index is 13.6. The molecule has 0 aromatic heterocycles. The molecule has 0 aliphatic carbocycles. The molecule has 0 unspecified atom stereocenters. The molecule has 1 nitrogen and oxygen atoms in total. The fourth-order valence-corrected chi connectivity index (χ4v) is 1.89. The van der Waals surface area contributed by atoms with Gasteiger partial charge in [-0.15, -0.1) is 0 Å². The number of para-hydroxylation sites is 1. The first-order valence-electron chi connectivity index (χ1n) is 5.20. The number of anilines is 1. The van der Waals surface area contributed by atoms with Crippen molar-refractivity contribution in [3.05, 3.63) is 63.9 Å². The Hall–Kier alpha value is -1.49. The molecule has 2 rings (SSSR count). The summed E-state index contributed by atoms with van der Waals surface area (Å²) in [5.74, 6) is -1.81. The number of hydrogen-bond acceptors (Lipinski definition) is 1. The molecule has 0 spiro atoms. The SMILES string of the molecule is Fc1ccccc1NCc1c(F)ccc(Br)c1F. The van der Waals surface area contributed by atoms with Gasteiger partial charge in [0.1, 0.15) is 17.5 Å². The van der Waals surface area contributed by atoms with E-state index in [0.29, 0.717) is 0 Å². The summed E-state index contributed by atoms with van der Waals surface area (Å²) < 4.78 is 40.6. The molecular weight excluding hydrogens is 307 g/mol. The first-order valence-corrected chi connectivity index (χ1v) is 5.99. The Morgan fingerprint density at radius 3 is 2.39 bits per heavy atom. The van der Waals surface area contributed by atoms with Crippen molar-refractivity contribution in [2.45, 2.75) is 6.54 Å². The number of rotatable bonds is 3. The van der Waals surface area contributed by atoms with Crippen LogP contribution in [-0.4, -0.2) is 0 Å². The quantitative estimate of drug-likeness (QED) is 0.823. The third-order valence-corrected chi connectivity index (χ3v) is 3.08. The highest BCUT2D eigenvalue weighted by Crippen LogP contribution is 2.23. The summed E-state index contributed by atoms with van der Waals surface area (Å²) in [4.78, 5) is 0. The topological polar surface area (TPSA) is 12.0 Å². The van der Waals surface area contributed by atoms with E-state index in [2.05, 4.69) is 21.2 Å². The highest BCUT2D eigenvalue weighted by Gasteiger charge is 2.12. The van der Waals surface area contributed by atoms with Crippen molar-refractivity contribution in [3.8, 4) is 0 Å². The van der Waals surface area contributed by atoms with Gasteiger partial charge in [-0.1, -0.05) is 12.1 Å². The monoisotopic (exact) mass is 315 g/mol. The third-order valence-electron chi connectivity index (χ3n) is 2.47. The molecule has 0 radical (unpaired) electrons. The second-order valence-corrected chi connectivity index (χ2v) is 4.51. The standard InChI is InChI=1S/C13H9BrF3N/c14-9-5-6-10(15)8(13(9)17)7-18-12-4-2-1-3-11(12)16/h1-6,18H,7H2. The minimum absolute atomic E-state index is 0.127. The van der Waals surface area contributed by atoms with Crippen LogP contribution in [0.1, 0.15) is 5.56 Å². The summed E-state index contributed by atoms with van der Waals surface area (Å²) in [5.41, 5.74) is 0.0731. The fourth-order valence-electron chi connectivity index (χ4n) is 1.52. The van der Waals surface area contributed by atoms with Gasteiger partial charge in [0.05, 0.1) is 10.2 Å². The van der Waals surface area contributed by atoms with Crippen molar-refractivity contribution in [1.29, 1.82) is 0 Å². The number of benzene rings is 2. The summed E-state index contributed by atoms with van der Waals surface area (Å²) in [5, 5.41) is 2.66. The van der Waals surface area contributed by atoms with E-state index in [-0.39, 0.29) is 22.3 Å². The maximum Gasteiger partial charge on any atom is 0.146 e. The summed E-state index contributed by atoms with van der Waals surface area (Å²) in [6.45, 7) is -0.127. The molecule has 5 heteroatoms. The van der Waals surface area contributed by atoms with Crippen LogP contribution in [0.25, 0.3) is 0 Å². The van der Waals surface area contributed by atoms with Crippen LogP contribution >= 0.6 is 15.9 Å². The predicted molar refractivity (Wildman–Crippen MR) is 67.8 cm³/mol. The minimum atomic E-state index is -0.682. The Balaban J connectivity index is 2.21. The number of nitrogens with one attached hydrogen (secondary N) is 1. The normalized spacial score (nSPS) is 10.4. The number of halogens is 4. The van der Waals surface area contributed by atoms with Crippen molar-refractivity contribution in [2.24, 2.45) is 0 Å². The van der Waals surface area contributed by atoms with Gasteiger partial charge in [0.2, 0.25) is 0 Å². The molecule has 1 N–H and O–H groups in total. The van der Waals surface area contributed by atoms with E-state index in [1.165, 1.54) is 18.2 Å². The summed E-state index contributed by atoms with van der Waals surface area (Å²) >= 11 is 2.98. The highest BCUT2D eigenvalue weighted by molar-refractivity contribution is 9.10. The Morgan fingerprint density at radius 2 is 1.67 bits per heavy atom. The van der Waals surface area contributed by atoms with Crippen LogP contribution < -0.4 is 5.32 Å². The second-order valence-electron chi connectivity index (χ2n) is 3.66. The van der Waals surface area contributed by atoms with Gasteiger partial charge in [-0.05, 0) is 40.2 Å². The molecule has 0 saturated carbocycles. The number of hydrogen-bond donors (Lipinski definition) is 1. The molecule has 0 bridgehead atoms. The van der Waals surface area contributed by atoms with Crippen LogP contribution in [0.15, 0.2) is 40.9 Å². The fraction of sp³-hybridized carbons (Fsp3) is 0.0769. The lowest BCUT2D eigenvalue weighted by molar-refractivity contribution is 0.555. The lowest BCUT2D eigenvalue weighted by Gasteiger charge is -2.10. The van der Waals surface area contributed by atoms with Gasteiger partial charge >= 0.3 is 0 Å². The van der Waals surface area contributed by atoms with Crippen LogP contribution in [-0.2, 0) is 6.54 Å². The second kappa shape index (κ2) is 5.44. The van der Waals surface area contributed by atoms with Gasteiger partial charge in [0.15, 0.2) is 0 Å². The Bertz CT molecular complexity index is 572. The lowest BCUT2D eigenvalue weighted by Crippen LogP contribution is -2.06. The van der Waals surface area contributed by atoms with E-state index in [9.17, 15) is 13.2 Å². The molecule has 0 fully saturated rings. The van der Waals surface area contributed by atoms with E-state index < -0.39 is 17.5 Å². The smallest absolute Gasteiger partial charge is 0.146 e. The summed E-state index contributed by atoms with van der Waals surface area (Å²) in [6.07, 6.45) is 0. The van der Waals surface area contributed by atoms with E-state index in [0.717, 1.165) is 6.07 Å². The summed E-state index contributed by atoms with van der Waals surface area (Å²) in [7, 11) is 0. The zero-order valence-corrected chi connectivity index (χ0v) is 10.8. The van der Waals surface area contributed by atoms with E-state index in [1.807, 2.05) is 0 Å². The lowest BCUT2D eigenvalue weighted by atomic mass is 10.2. The molecule has 0 saturated heterocycles. The maximum atomic E-state index is 13.6. The Labute approximate surface area is 111 Å². The van der Waals surface area contributed by atoms with Crippen LogP contribution in [0.3, 0.4) is 0 Å². The highest BCUT2D eigenvalue weighted by atomic mass is 79.9. The zero-order chi connectivity index (χ0) is 13.1. The molecule has 18 heavy (non-hydrogen) atoms. The van der Waals surface area contributed by atoms with E-state index >= 15 is 0 Å². The predicted octanol–water partition coefficient (Wildman–Crippen LogP) is 4.48.